The van der Waals surface area contributed by atoms with E-state index < -0.39 is 0 Å². The van der Waals surface area contributed by atoms with Crippen molar-refractivity contribution in [2.45, 2.75) is 38.5 Å². The Balaban J connectivity index is 1.99. The predicted octanol–water partition coefficient (Wildman–Crippen LogP) is 1.77. The fraction of sp³-hybridized carbons (Fsp3) is 0.889. The van der Waals surface area contributed by atoms with Gasteiger partial charge in [-0.3, -0.25) is 10.5 Å². The van der Waals surface area contributed by atoms with Crippen molar-refractivity contribution in [2.75, 3.05) is 0 Å². The van der Waals surface area contributed by atoms with E-state index in [0.29, 0.717) is 5.41 Å². The number of carbonyl (C=O) groups is 1. The van der Waals surface area contributed by atoms with Crippen LogP contribution in [0.3, 0.4) is 0 Å². The van der Waals surface area contributed by atoms with Gasteiger partial charge in [-0.1, -0.05) is 19.3 Å². The summed E-state index contributed by atoms with van der Waals surface area (Å²) in [6.45, 7) is 0. The normalized spacial score (nSPS) is 33.6. The molecule has 2 heteroatoms. The number of hydrogen-bond donors (Lipinski definition) is 0. The third-order valence-electron chi connectivity index (χ3n) is 3.36. The van der Waals surface area contributed by atoms with Crippen LogP contribution in [0, 0.1) is 11.3 Å². The summed E-state index contributed by atoms with van der Waals surface area (Å²) < 4.78 is 0. The van der Waals surface area contributed by atoms with Crippen LogP contribution in [0.25, 0.3) is 0 Å². The summed E-state index contributed by atoms with van der Waals surface area (Å²) in [7, 11) is 0. The van der Waals surface area contributed by atoms with E-state index in [9.17, 15) is 4.79 Å². The fourth-order valence-electron chi connectivity index (χ4n) is 2.53. The third kappa shape index (κ3) is 1.05. The molecule has 61 valence electrons. The van der Waals surface area contributed by atoms with E-state index in [1.807, 2.05) is 0 Å². The van der Waals surface area contributed by atoms with Crippen LogP contribution < -0.4 is 5.73 Å². The van der Waals surface area contributed by atoms with E-state index in [2.05, 4.69) is 0 Å². The van der Waals surface area contributed by atoms with E-state index in [0.717, 1.165) is 6.42 Å². The molecule has 1 radical (unpaired) electrons. The lowest BCUT2D eigenvalue weighted by atomic mass is 9.84. The lowest BCUT2D eigenvalue weighted by Crippen LogP contribution is -2.14. The van der Waals surface area contributed by atoms with E-state index >= 15 is 0 Å². The van der Waals surface area contributed by atoms with Crippen LogP contribution in [0.15, 0.2) is 0 Å². The Bertz CT molecular complexity index is 182. The van der Waals surface area contributed by atoms with Gasteiger partial charge < -0.3 is 0 Å². The van der Waals surface area contributed by atoms with E-state index in [1.54, 1.807) is 0 Å². The first-order valence-electron chi connectivity index (χ1n) is 4.50. The third-order valence-corrected chi connectivity index (χ3v) is 3.36. The average Bonchev–Trinajstić information content (AvgIpc) is 2.66. The van der Waals surface area contributed by atoms with Crippen LogP contribution in [0.1, 0.15) is 38.5 Å². The van der Waals surface area contributed by atoms with Crippen LogP contribution in [0.2, 0.25) is 0 Å². The minimum atomic E-state index is -0.313. The molecule has 1 spiro atoms. The molecular formula is C9H14NO. The molecule has 2 aliphatic rings. The maximum atomic E-state index is 10.7. The van der Waals surface area contributed by atoms with Crippen molar-refractivity contribution in [3.63, 3.8) is 0 Å². The maximum Gasteiger partial charge on any atom is 0.242 e. The van der Waals surface area contributed by atoms with Crippen molar-refractivity contribution < 1.29 is 4.79 Å². The van der Waals surface area contributed by atoms with Crippen molar-refractivity contribution in [1.82, 2.24) is 5.73 Å². The molecule has 0 unspecified atom stereocenters. The Morgan fingerprint density at radius 2 is 1.91 bits per heavy atom. The SMILES string of the molecule is [NH]C(=O)[C@H]1CC12CCCCC2. The van der Waals surface area contributed by atoms with Gasteiger partial charge in [0.25, 0.3) is 0 Å². The van der Waals surface area contributed by atoms with Crippen molar-refractivity contribution in [3.05, 3.63) is 0 Å². The average molecular weight is 152 g/mol. The quantitative estimate of drug-likeness (QED) is 0.564. The zero-order chi connectivity index (χ0) is 7.90. The number of amides is 1. The molecule has 0 saturated heterocycles. The van der Waals surface area contributed by atoms with Gasteiger partial charge in [0, 0.05) is 5.92 Å². The van der Waals surface area contributed by atoms with Crippen molar-refractivity contribution in [2.24, 2.45) is 11.3 Å². The predicted molar refractivity (Wildman–Crippen MR) is 41.7 cm³/mol. The molecule has 0 bridgehead atoms. The molecule has 0 aromatic heterocycles. The topological polar surface area (TPSA) is 40.9 Å². The van der Waals surface area contributed by atoms with Gasteiger partial charge >= 0.3 is 0 Å². The highest BCUT2D eigenvalue weighted by Gasteiger charge is 2.56. The molecule has 2 rings (SSSR count). The van der Waals surface area contributed by atoms with Gasteiger partial charge in [-0.2, -0.15) is 0 Å². The molecular weight excluding hydrogens is 138 g/mol. The number of rotatable bonds is 1. The van der Waals surface area contributed by atoms with Gasteiger partial charge in [-0.25, -0.2) is 0 Å². The van der Waals surface area contributed by atoms with Crippen LogP contribution in [-0.2, 0) is 4.79 Å². The summed E-state index contributed by atoms with van der Waals surface area (Å²) in [4.78, 5) is 10.7. The molecule has 1 amide bonds. The Morgan fingerprint density at radius 3 is 2.36 bits per heavy atom. The van der Waals surface area contributed by atoms with Crippen LogP contribution in [0.5, 0.6) is 0 Å². The maximum absolute atomic E-state index is 10.7. The lowest BCUT2D eigenvalue weighted by molar-refractivity contribution is -0.120. The second kappa shape index (κ2) is 2.23. The minimum Gasteiger partial charge on any atom is -0.273 e. The zero-order valence-corrected chi connectivity index (χ0v) is 6.73. The van der Waals surface area contributed by atoms with E-state index in [1.165, 1.54) is 32.1 Å². The number of hydrogen-bond acceptors (Lipinski definition) is 1. The molecule has 0 heterocycles. The largest absolute Gasteiger partial charge is 0.273 e. The van der Waals surface area contributed by atoms with Crippen molar-refractivity contribution in [1.29, 1.82) is 0 Å². The van der Waals surface area contributed by atoms with Crippen molar-refractivity contribution >= 4 is 5.91 Å². The summed E-state index contributed by atoms with van der Waals surface area (Å²) >= 11 is 0. The summed E-state index contributed by atoms with van der Waals surface area (Å²) in [6.07, 6.45) is 7.34. The van der Waals surface area contributed by atoms with Gasteiger partial charge in [-0.15, -0.1) is 0 Å². The van der Waals surface area contributed by atoms with Crippen molar-refractivity contribution in [3.8, 4) is 0 Å². The molecule has 2 nitrogen and oxygen atoms in total. The Labute approximate surface area is 67.1 Å². The summed E-state index contributed by atoms with van der Waals surface area (Å²) in [5.41, 5.74) is 7.35. The van der Waals surface area contributed by atoms with Gasteiger partial charge in [-0.05, 0) is 24.7 Å². The van der Waals surface area contributed by atoms with E-state index in [-0.39, 0.29) is 11.8 Å². The molecule has 11 heavy (non-hydrogen) atoms. The Morgan fingerprint density at radius 1 is 1.27 bits per heavy atom. The molecule has 0 aromatic carbocycles. The summed E-state index contributed by atoms with van der Waals surface area (Å²) in [5, 5.41) is 0. The molecule has 2 fully saturated rings. The summed E-state index contributed by atoms with van der Waals surface area (Å²) in [6, 6.07) is 0. The monoisotopic (exact) mass is 152 g/mol. The standard InChI is InChI=1S/C9H14NO/c10-8(11)7-6-9(7)4-2-1-3-5-9/h7,10H,1-6H2/t7-/m1/s1. The zero-order valence-electron chi connectivity index (χ0n) is 6.73. The highest BCUT2D eigenvalue weighted by molar-refractivity contribution is 5.80. The van der Waals surface area contributed by atoms with Gasteiger partial charge in [0.05, 0.1) is 0 Å². The summed E-state index contributed by atoms with van der Waals surface area (Å²) in [5.74, 6) is -0.185. The lowest BCUT2D eigenvalue weighted by Gasteiger charge is -2.21. The minimum absolute atomic E-state index is 0.128. The van der Waals surface area contributed by atoms with E-state index in [4.69, 9.17) is 5.73 Å². The van der Waals surface area contributed by atoms with Crippen LogP contribution in [-0.4, -0.2) is 5.91 Å². The fourth-order valence-corrected chi connectivity index (χ4v) is 2.53. The molecule has 1 N–H and O–H groups in total. The Kier molecular flexibility index (Phi) is 1.44. The first-order valence-corrected chi connectivity index (χ1v) is 4.50. The Hall–Kier alpha value is -0.530. The van der Waals surface area contributed by atoms with Gasteiger partial charge in [0.15, 0.2) is 0 Å². The van der Waals surface area contributed by atoms with Crippen LogP contribution >= 0.6 is 0 Å². The highest BCUT2D eigenvalue weighted by Crippen LogP contribution is 2.61. The molecule has 1 atom stereocenters. The molecule has 2 aliphatic carbocycles. The molecule has 2 saturated carbocycles. The molecule has 0 aliphatic heterocycles. The van der Waals surface area contributed by atoms with Gasteiger partial charge in [0.2, 0.25) is 5.91 Å². The second-order valence-electron chi connectivity index (χ2n) is 4.04. The molecule has 0 aromatic rings. The first-order chi connectivity index (χ1) is 5.25. The highest BCUT2D eigenvalue weighted by atomic mass is 16.1. The number of nitrogens with one attached hydrogen (secondary N) is 1. The number of carbonyl (C=O) groups excluding carboxylic acids is 1. The van der Waals surface area contributed by atoms with Crippen LogP contribution in [0.4, 0.5) is 0 Å². The first kappa shape index (κ1) is 7.14. The second-order valence-corrected chi connectivity index (χ2v) is 4.04. The van der Waals surface area contributed by atoms with Gasteiger partial charge in [0.1, 0.15) is 0 Å². The smallest absolute Gasteiger partial charge is 0.242 e.